The minimum atomic E-state index is -0.00948. The van der Waals surface area contributed by atoms with Gasteiger partial charge in [-0.15, -0.1) is 0 Å². The first kappa shape index (κ1) is 19.4. The predicted octanol–water partition coefficient (Wildman–Crippen LogP) is 2.49. The highest BCUT2D eigenvalue weighted by atomic mass is 16.5. The standard InChI is InChI=1S/C21H28N6O2/c1-4-9-27-14-17-18(20(27)28)23-21(26-10-12-29-13-11-26)24-19(17)22-15-5-7-16(8-6-15)25(2)3/h5-8H,4,9-14H2,1-3H3,(H,22,23,24). The number of morpholine rings is 1. The highest BCUT2D eigenvalue weighted by Crippen LogP contribution is 2.31. The number of nitrogens with one attached hydrogen (secondary N) is 1. The van der Waals surface area contributed by atoms with Gasteiger partial charge in [-0.2, -0.15) is 4.98 Å². The molecule has 1 aromatic carbocycles. The number of carbonyl (C=O) groups excluding carboxylic acids is 1. The Bertz CT molecular complexity index is 877. The Balaban J connectivity index is 1.68. The van der Waals surface area contributed by atoms with Crippen molar-refractivity contribution in [2.45, 2.75) is 19.9 Å². The van der Waals surface area contributed by atoms with Crippen molar-refractivity contribution in [3.05, 3.63) is 35.5 Å². The first-order valence-corrected chi connectivity index (χ1v) is 10.1. The van der Waals surface area contributed by atoms with Crippen LogP contribution in [0.25, 0.3) is 0 Å². The van der Waals surface area contributed by atoms with Gasteiger partial charge in [0.2, 0.25) is 5.95 Å². The highest BCUT2D eigenvalue weighted by molar-refractivity contribution is 5.98. The van der Waals surface area contributed by atoms with Crippen LogP contribution in [0.15, 0.2) is 24.3 Å². The molecule has 2 aromatic rings. The Labute approximate surface area is 171 Å². The molecular weight excluding hydrogens is 368 g/mol. The molecule has 0 spiro atoms. The number of benzene rings is 1. The van der Waals surface area contributed by atoms with Crippen molar-refractivity contribution in [3.8, 4) is 0 Å². The zero-order valence-electron chi connectivity index (χ0n) is 17.3. The van der Waals surface area contributed by atoms with Gasteiger partial charge in [-0.05, 0) is 30.7 Å². The van der Waals surface area contributed by atoms with Crippen LogP contribution in [0.3, 0.4) is 0 Å². The van der Waals surface area contributed by atoms with E-state index in [0.717, 1.165) is 43.0 Å². The van der Waals surface area contributed by atoms with Gasteiger partial charge in [-0.3, -0.25) is 4.79 Å². The molecule has 1 N–H and O–H groups in total. The van der Waals surface area contributed by atoms with Crippen molar-refractivity contribution < 1.29 is 9.53 Å². The SMILES string of the molecule is CCCN1Cc2c(Nc3ccc(N(C)C)cc3)nc(N3CCOCC3)nc2C1=O. The molecule has 0 radical (unpaired) electrons. The van der Waals surface area contributed by atoms with Gasteiger partial charge in [0.1, 0.15) is 11.5 Å². The molecule has 8 heteroatoms. The number of aromatic nitrogens is 2. The van der Waals surface area contributed by atoms with E-state index < -0.39 is 0 Å². The summed E-state index contributed by atoms with van der Waals surface area (Å²) in [6.45, 7) is 6.08. The number of ether oxygens (including phenoxy) is 1. The summed E-state index contributed by atoms with van der Waals surface area (Å²) in [5.41, 5.74) is 3.45. The molecule has 29 heavy (non-hydrogen) atoms. The summed E-state index contributed by atoms with van der Waals surface area (Å²) in [5.74, 6) is 1.29. The Morgan fingerprint density at radius 2 is 1.86 bits per heavy atom. The molecule has 0 unspecified atom stereocenters. The molecule has 8 nitrogen and oxygen atoms in total. The molecular formula is C21H28N6O2. The van der Waals surface area contributed by atoms with Crippen LogP contribution in [-0.2, 0) is 11.3 Å². The zero-order chi connectivity index (χ0) is 20.4. The number of fused-ring (bicyclic) bond motifs is 1. The number of nitrogens with zero attached hydrogens (tertiary/aromatic N) is 5. The number of rotatable bonds is 6. The van der Waals surface area contributed by atoms with Crippen LogP contribution in [0.5, 0.6) is 0 Å². The number of anilines is 4. The van der Waals surface area contributed by atoms with E-state index in [9.17, 15) is 4.79 Å². The van der Waals surface area contributed by atoms with Gasteiger partial charge in [0.05, 0.1) is 19.8 Å². The smallest absolute Gasteiger partial charge is 0.273 e. The molecule has 0 saturated carbocycles. The van der Waals surface area contributed by atoms with E-state index >= 15 is 0 Å². The number of hydrogen-bond donors (Lipinski definition) is 1. The van der Waals surface area contributed by atoms with Crippen molar-refractivity contribution in [1.29, 1.82) is 0 Å². The lowest BCUT2D eigenvalue weighted by Gasteiger charge is -2.27. The fraction of sp³-hybridized carbons (Fsp3) is 0.476. The van der Waals surface area contributed by atoms with E-state index in [0.29, 0.717) is 37.2 Å². The zero-order valence-corrected chi connectivity index (χ0v) is 17.3. The maximum absolute atomic E-state index is 12.9. The summed E-state index contributed by atoms with van der Waals surface area (Å²) < 4.78 is 5.45. The maximum Gasteiger partial charge on any atom is 0.273 e. The Morgan fingerprint density at radius 3 is 2.52 bits per heavy atom. The predicted molar refractivity (Wildman–Crippen MR) is 114 cm³/mol. The van der Waals surface area contributed by atoms with Gasteiger partial charge in [0.25, 0.3) is 5.91 Å². The molecule has 0 atom stereocenters. The summed E-state index contributed by atoms with van der Waals surface area (Å²) in [6.07, 6.45) is 0.915. The second kappa shape index (κ2) is 8.24. The summed E-state index contributed by atoms with van der Waals surface area (Å²) in [4.78, 5) is 28.4. The van der Waals surface area contributed by atoms with Crippen LogP contribution in [0.1, 0.15) is 29.4 Å². The maximum atomic E-state index is 12.9. The van der Waals surface area contributed by atoms with E-state index in [2.05, 4.69) is 39.2 Å². The van der Waals surface area contributed by atoms with Gasteiger partial charge >= 0.3 is 0 Å². The summed E-state index contributed by atoms with van der Waals surface area (Å²) in [6, 6.07) is 8.17. The molecule has 3 heterocycles. The number of carbonyl (C=O) groups is 1. The topological polar surface area (TPSA) is 73.8 Å². The Hall–Kier alpha value is -2.87. The van der Waals surface area contributed by atoms with E-state index in [1.165, 1.54) is 0 Å². The number of amides is 1. The summed E-state index contributed by atoms with van der Waals surface area (Å²) in [7, 11) is 4.03. The third-order valence-electron chi connectivity index (χ3n) is 5.27. The Morgan fingerprint density at radius 1 is 1.14 bits per heavy atom. The fourth-order valence-corrected chi connectivity index (χ4v) is 3.65. The molecule has 1 aromatic heterocycles. The highest BCUT2D eigenvalue weighted by Gasteiger charge is 2.33. The fourth-order valence-electron chi connectivity index (χ4n) is 3.65. The molecule has 2 aliphatic heterocycles. The molecule has 4 rings (SSSR count). The van der Waals surface area contributed by atoms with Gasteiger partial charge in [-0.1, -0.05) is 6.92 Å². The molecule has 0 bridgehead atoms. The van der Waals surface area contributed by atoms with Crippen molar-refractivity contribution in [3.63, 3.8) is 0 Å². The van der Waals surface area contributed by atoms with Crippen molar-refractivity contribution in [2.24, 2.45) is 0 Å². The minimum Gasteiger partial charge on any atom is -0.378 e. The van der Waals surface area contributed by atoms with Gasteiger partial charge in [0, 0.05) is 50.7 Å². The van der Waals surface area contributed by atoms with E-state index in [4.69, 9.17) is 9.72 Å². The average Bonchev–Trinajstić information content (AvgIpc) is 3.05. The third kappa shape index (κ3) is 3.98. The lowest BCUT2D eigenvalue weighted by molar-refractivity contribution is 0.0774. The van der Waals surface area contributed by atoms with Crippen LogP contribution in [0.4, 0.5) is 23.1 Å². The lowest BCUT2D eigenvalue weighted by atomic mass is 10.2. The normalized spacial score (nSPS) is 16.2. The van der Waals surface area contributed by atoms with Gasteiger partial charge in [0.15, 0.2) is 0 Å². The minimum absolute atomic E-state index is 0.00948. The monoisotopic (exact) mass is 396 g/mol. The second-order valence-electron chi connectivity index (χ2n) is 7.59. The molecule has 1 fully saturated rings. The number of hydrogen-bond acceptors (Lipinski definition) is 7. The van der Waals surface area contributed by atoms with E-state index in [1.54, 1.807) is 0 Å². The van der Waals surface area contributed by atoms with Gasteiger partial charge < -0.3 is 24.8 Å². The van der Waals surface area contributed by atoms with Crippen LogP contribution < -0.4 is 15.1 Å². The molecule has 1 amide bonds. The quantitative estimate of drug-likeness (QED) is 0.804. The van der Waals surface area contributed by atoms with Crippen LogP contribution in [0, 0.1) is 0 Å². The van der Waals surface area contributed by atoms with Crippen molar-refractivity contribution in [2.75, 3.05) is 62.1 Å². The van der Waals surface area contributed by atoms with Crippen molar-refractivity contribution >= 4 is 29.0 Å². The lowest BCUT2D eigenvalue weighted by Crippen LogP contribution is -2.37. The Kier molecular flexibility index (Phi) is 5.53. The second-order valence-corrected chi connectivity index (χ2v) is 7.59. The van der Waals surface area contributed by atoms with Crippen LogP contribution >= 0.6 is 0 Å². The van der Waals surface area contributed by atoms with Crippen molar-refractivity contribution in [1.82, 2.24) is 14.9 Å². The third-order valence-corrected chi connectivity index (χ3v) is 5.27. The first-order chi connectivity index (χ1) is 14.1. The molecule has 2 aliphatic rings. The summed E-state index contributed by atoms with van der Waals surface area (Å²) in [5, 5.41) is 3.43. The van der Waals surface area contributed by atoms with Crippen LogP contribution in [0.2, 0.25) is 0 Å². The largest absolute Gasteiger partial charge is 0.378 e. The molecule has 1 saturated heterocycles. The summed E-state index contributed by atoms with van der Waals surface area (Å²) >= 11 is 0. The molecule has 0 aliphatic carbocycles. The van der Waals surface area contributed by atoms with Crippen LogP contribution in [-0.4, -0.2) is 67.7 Å². The van der Waals surface area contributed by atoms with E-state index in [1.807, 2.05) is 31.1 Å². The first-order valence-electron chi connectivity index (χ1n) is 10.1. The molecule has 154 valence electrons. The van der Waals surface area contributed by atoms with E-state index in [-0.39, 0.29) is 5.91 Å². The van der Waals surface area contributed by atoms with Gasteiger partial charge in [-0.25, -0.2) is 4.98 Å². The average molecular weight is 396 g/mol.